The first-order valence-corrected chi connectivity index (χ1v) is 6.13. The van der Waals surface area contributed by atoms with Gasteiger partial charge in [-0.3, -0.25) is 4.79 Å². The molecular weight excluding hydrogens is 190 g/mol. The van der Waals surface area contributed by atoms with Crippen LogP contribution >= 0.6 is 0 Å². The molecule has 1 amide bonds. The van der Waals surface area contributed by atoms with Crippen LogP contribution in [0, 0.1) is 5.92 Å². The number of nitrogens with one attached hydrogen (secondary N) is 1. The minimum absolute atomic E-state index is 0.155. The molecular formula is C12H23NO2. The minimum atomic E-state index is -0.319. The Hall–Kier alpha value is -0.570. The van der Waals surface area contributed by atoms with Crippen LogP contribution in [-0.2, 0) is 4.79 Å². The van der Waals surface area contributed by atoms with Crippen LogP contribution in [0.1, 0.15) is 51.9 Å². The highest BCUT2D eigenvalue weighted by molar-refractivity contribution is 5.76. The number of carbonyl (C=O) groups is 1. The largest absolute Gasteiger partial charge is 0.393 e. The number of carbonyl (C=O) groups excluding carboxylic acids is 1. The minimum Gasteiger partial charge on any atom is -0.393 e. The molecule has 0 aromatic rings. The van der Waals surface area contributed by atoms with E-state index in [2.05, 4.69) is 5.32 Å². The Labute approximate surface area is 92.3 Å². The fourth-order valence-electron chi connectivity index (χ4n) is 2.15. The van der Waals surface area contributed by atoms with Crippen LogP contribution < -0.4 is 5.32 Å². The van der Waals surface area contributed by atoms with Crippen LogP contribution in [0.25, 0.3) is 0 Å². The second-order valence-electron chi connectivity index (χ2n) is 4.70. The summed E-state index contributed by atoms with van der Waals surface area (Å²) < 4.78 is 0. The van der Waals surface area contributed by atoms with Crippen LogP contribution in [0.5, 0.6) is 0 Å². The molecule has 1 rings (SSSR count). The third-order valence-corrected chi connectivity index (χ3v) is 3.08. The molecule has 0 bridgehead atoms. The van der Waals surface area contributed by atoms with Crippen molar-refractivity contribution in [2.24, 2.45) is 5.92 Å². The van der Waals surface area contributed by atoms with Crippen molar-refractivity contribution in [2.45, 2.75) is 58.0 Å². The molecule has 0 aromatic heterocycles. The predicted molar refractivity (Wildman–Crippen MR) is 60.5 cm³/mol. The zero-order chi connectivity index (χ0) is 11.1. The van der Waals surface area contributed by atoms with Gasteiger partial charge in [-0.15, -0.1) is 0 Å². The van der Waals surface area contributed by atoms with Crippen molar-refractivity contribution in [1.82, 2.24) is 5.32 Å². The van der Waals surface area contributed by atoms with E-state index in [4.69, 9.17) is 5.11 Å². The second kappa shape index (κ2) is 6.83. The van der Waals surface area contributed by atoms with Crippen molar-refractivity contribution in [3.05, 3.63) is 0 Å². The standard InChI is InChI=1S/C12H23NO2/c1-10(14)7-8-13-12(15)9-11-5-3-2-4-6-11/h10-11,14H,2-9H2,1H3,(H,13,15). The van der Waals surface area contributed by atoms with Gasteiger partial charge in [0.15, 0.2) is 0 Å². The lowest BCUT2D eigenvalue weighted by Crippen LogP contribution is -2.28. The van der Waals surface area contributed by atoms with E-state index in [9.17, 15) is 4.79 Å². The summed E-state index contributed by atoms with van der Waals surface area (Å²) in [6, 6.07) is 0. The normalized spacial score (nSPS) is 19.9. The summed E-state index contributed by atoms with van der Waals surface area (Å²) in [4.78, 5) is 11.5. The van der Waals surface area contributed by atoms with Crippen LogP contribution in [0.4, 0.5) is 0 Å². The molecule has 1 unspecified atom stereocenters. The van der Waals surface area contributed by atoms with E-state index < -0.39 is 0 Å². The first kappa shape index (κ1) is 12.5. The molecule has 1 aliphatic carbocycles. The summed E-state index contributed by atoms with van der Waals surface area (Å²) >= 11 is 0. The van der Waals surface area contributed by atoms with Gasteiger partial charge >= 0.3 is 0 Å². The van der Waals surface area contributed by atoms with Crippen molar-refractivity contribution in [1.29, 1.82) is 0 Å². The number of hydrogen-bond donors (Lipinski definition) is 2. The summed E-state index contributed by atoms with van der Waals surface area (Å²) in [5.74, 6) is 0.757. The zero-order valence-corrected chi connectivity index (χ0v) is 9.67. The Morgan fingerprint density at radius 3 is 2.67 bits per heavy atom. The Bertz CT molecular complexity index is 186. The lowest BCUT2D eigenvalue weighted by molar-refractivity contribution is -0.122. The number of aliphatic hydroxyl groups excluding tert-OH is 1. The van der Waals surface area contributed by atoms with Crippen molar-refractivity contribution < 1.29 is 9.90 Å². The lowest BCUT2D eigenvalue weighted by Gasteiger charge is -2.20. The quantitative estimate of drug-likeness (QED) is 0.732. The number of amides is 1. The molecule has 2 N–H and O–H groups in total. The number of aliphatic hydroxyl groups is 1. The molecule has 88 valence electrons. The van der Waals surface area contributed by atoms with Gasteiger partial charge in [0.25, 0.3) is 0 Å². The van der Waals surface area contributed by atoms with Crippen LogP contribution in [0.2, 0.25) is 0 Å². The zero-order valence-electron chi connectivity index (χ0n) is 9.67. The maximum absolute atomic E-state index is 11.5. The van der Waals surface area contributed by atoms with Gasteiger partial charge in [0.05, 0.1) is 6.10 Å². The molecule has 0 saturated heterocycles. The summed E-state index contributed by atoms with van der Waals surface area (Å²) in [6.45, 7) is 2.34. The molecule has 0 aliphatic heterocycles. The summed E-state index contributed by atoms with van der Waals surface area (Å²) in [6.07, 6.45) is 7.33. The van der Waals surface area contributed by atoms with Crippen LogP contribution in [0.15, 0.2) is 0 Å². The van der Waals surface area contributed by atoms with Crippen molar-refractivity contribution in [2.75, 3.05) is 6.54 Å². The van der Waals surface area contributed by atoms with E-state index in [0.29, 0.717) is 25.3 Å². The monoisotopic (exact) mass is 213 g/mol. The molecule has 0 aromatic carbocycles. The van der Waals surface area contributed by atoms with Gasteiger partial charge in [-0.25, -0.2) is 0 Å². The van der Waals surface area contributed by atoms with Gasteiger partial charge in [0, 0.05) is 13.0 Å². The second-order valence-corrected chi connectivity index (χ2v) is 4.70. The number of rotatable bonds is 5. The van der Waals surface area contributed by atoms with Gasteiger partial charge in [0.2, 0.25) is 5.91 Å². The molecule has 15 heavy (non-hydrogen) atoms. The Morgan fingerprint density at radius 1 is 1.40 bits per heavy atom. The van der Waals surface area contributed by atoms with E-state index in [1.54, 1.807) is 6.92 Å². The Morgan fingerprint density at radius 2 is 2.07 bits per heavy atom. The molecule has 1 saturated carbocycles. The van der Waals surface area contributed by atoms with E-state index in [0.717, 1.165) is 0 Å². The fraction of sp³-hybridized carbons (Fsp3) is 0.917. The third kappa shape index (κ3) is 5.78. The smallest absolute Gasteiger partial charge is 0.220 e. The highest BCUT2D eigenvalue weighted by Gasteiger charge is 2.16. The third-order valence-electron chi connectivity index (χ3n) is 3.08. The average Bonchev–Trinajstić information content (AvgIpc) is 2.18. The van der Waals surface area contributed by atoms with Gasteiger partial charge < -0.3 is 10.4 Å². The first-order chi connectivity index (χ1) is 7.18. The van der Waals surface area contributed by atoms with Crippen molar-refractivity contribution in [3.8, 4) is 0 Å². The van der Waals surface area contributed by atoms with Gasteiger partial charge in [0.1, 0.15) is 0 Å². The summed E-state index contributed by atoms with van der Waals surface area (Å²) in [7, 11) is 0. The average molecular weight is 213 g/mol. The van der Waals surface area contributed by atoms with Gasteiger partial charge in [-0.1, -0.05) is 19.3 Å². The van der Waals surface area contributed by atoms with E-state index in [-0.39, 0.29) is 12.0 Å². The molecule has 1 aliphatic rings. The molecule has 1 fully saturated rings. The Balaban J connectivity index is 2.06. The number of hydrogen-bond acceptors (Lipinski definition) is 2. The maximum atomic E-state index is 11.5. The summed E-state index contributed by atoms with van der Waals surface area (Å²) in [5, 5.41) is 11.9. The first-order valence-electron chi connectivity index (χ1n) is 6.13. The maximum Gasteiger partial charge on any atom is 0.220 e. The summed E-state index contributed by atoms with van der Waals surface area (Å²) in [5.41, 5.74) is 0. The van der Waals surface area contributed by atoms with Crippen LogP contribution in [-0.4, -0.2) is 23.7 Å². The molecule has 0 spiro atoms. The predicted octanol–water partition coefficient (Wildman–Crippen LogP) is 1.84. The topological polar surface area (TPSA) is 49.3 Å². The molecule has 3 nitrogen and oxygen atoms in total. The van der Waals surface area contributed by atoms with E-state index in [1.165, 1.54) is 32.1 Å². The van der Waals surface area contributed by atoms with Crippen LogP contribution in [0.3, 0.4) is 0 Å². The van der Waals surface area contributed by atoms with Gasteiger partial charge in [-0.2, -0.15) is 0 Å². The Kier molecular flexibility index (Phi) is 5.69. The highest BCUT2D eigenvalue weighted by Crippen LogP contribution is 2.25. The lowest BCUT2D eigenvalue weighted by atomic mass is 9.87. The molecule has 0 heterocycles. The van der Waals surface area contributed by atoms with Crippen molar-refractivity contribution in [3.63, 3.8) is 0 Å². The highest BCUT2D eigenvalue weighted by atomic mass is 16.3. The fourth-order valence-corrected chi connectivity index (χ4v) is 2.15. The molecule has 0 radical (unpaired) electrons. The molecule has 1 atom stereocenters. The van der Waals surface area contributed by atoms with Gasteiger partial charge in [-0.05, 0) is 32.1 Å². The van der Waals surface area contributed by atoms with Crippen molar-refractivity contribution >= 4 is 5.91 Å². The molecule has 3 heteroatoms. The van der Waals surface area contributed by atoms with E-state index in [1.807, 2.05) is 0 Å². The van der Waals surface area contributed by atoms with E-state index >= 15 is 0 Å². The SMILES string of the molecule is CC(O)CCNC(=O)CC1CCCCC1.